The summed E-state index contributed by atoms with van der Waals surface area (Å²) in [5, 5.41) is 6.14. The Morgan fingerprint density at radius 2 is 2.00 bits per heavy atom. The van der Waals surface area contributed by atoms with Gasteiger partial charge in [0.1, 0.15) is 6.10 Å². The number of halogens is 2. The molecule has 1 atom stereocenters. The van der Waals surface area contributed by atoms with Crippen molar-refractivity contribution < 1.29 is 9.53 Å². The Labute approximate surface area is 156 Å². The molecule has 2 N–H and O–H groups in total. The van der Waals surface area contributed by atoms with Crippen molar-refractivity contribution in [3.63, 3.8) is 0 Å². The van der Waals surface area contributed by atoms with Gasteiger partial charge in [0, 0.05) is 26.2 Å². The van der Waals surface area contributed by atoms with Crippen LogP contribution in [-0.4, -0.2) is 49.7 Å². The van der Waals surface area contributed by atoms with Gasteiger partial charge >= 0.3 is 0 Å². The van der Waals surface area contributed by atoms with Crippen LogP contribution < -0.4 is 10.6 Å². The van der Waals surface area contributed by atoms with Gasteiger partial charge in [-0.3, -0.25) is 9.69 Å². The first-order valence-electron chi connectivity index (χ1n) is 8.21. The zero-order chi connectivity index (χ0) is 15.2. The predicted molar refractivity (Wildman–Crippen MR) is 99.9 cm³/mol. The van der Waals surface area contributed by atoms with Crippen molar-refractivity contribution in [2.24, 2.45) is 0 Å². The zero-order valence-electron chi connectivity index (χ0n) is 13.8. The maximum Gasteiger partial charge on any atom is 0.250 e. The lowest BCUT2D eigenvalue weighted by Crippen LogP contribution is -2.47. The van der Waals surface area contributed by atoms with Crippen molar-refractivity contribution in [1.29, 1.82) is 0 Å². The Morgan fingerprint density at radius 1 is 1.25 bits per heavy atom. The summed E-state index contributed by atoms with van der Waals surface area (Å²) < 4.78 is 5.46. The fourth-order valence-corrected chi connectivity index (χ4v) is 3.07. The molecule has 0 aliphatic carbocycles. The SMILES string of the molecule is Cl.Cl.O=C(NCc1cccc(CN2CCCC2)c1)C1CNCCO1. The van der Waals surface area contributed by atoms with E-state index in [1.165, 1.54) is 31.5 Å². The van der Waals surface area contributed by atoms with Crippen LogP contribution in [0.5, 0.6) is 0 Å². The van der Waals surface area contributed by atoms with Crippen molar-refractivity contribution in [2.45, 2.75) is 32.0 Å². The van der Waals surface area contributed by atoms with Crippen molar-refractivity contribution in [3.05, 3.63) is 35.4 Å². The lowest BCUT2D eigenvalue weighted by atomic mass is 10.1. The third kappa shape index (κ3) is 6.22. The summed E-state index contributed by atoms with van der Waals surface area (Å²) in [6.45, 7) is 6.00. The summed E-state index contributed by atoms with van der Waals surface area (Å²) in [4.78, 5) is 14.5. The maximum atomic E-state index is 12.1. The molecule has 0 aromatic heterocycles. The summed E-state index contributed by atoms with van der Waals surface area (Å²) >= 11 is 0. The van der Waals surface area contributed by atoms with Gasteiger partial charge in [0.15, 0.2) is 0 Å². The van der Waals surface area contributed by atoms with Crippen LogP contribution in [0, 0.1) is 0 Å². The number of benzene rings is 1. The largest absolute Gasteiger partial charge is 0.366 e. The monoisotopic (exact) mass is 375 g/mol. The van der Waals surface area contributed by atoms with E-state index in [1.807, 2.05) is 0 Å². The molecule has 24 heavy (non-hydrogen) atoms. The van der Waals surface area contributed by atoms with Crippen molar-refractivity contribution >= 4 is 30.7 Å². The van der Waals surface area contributed by atoms with Crippen LogP contribution in [0.25, 0.3) is 0 Å². The molecule has 1 aromatic carbocycles. The Hall–Kier alpha value is -0.850. The Kier molecular flexibility index (Phi) is 9.63. The first-order chi connectivity index (χ1) is 10.8. The quantitative estimate of drug-likeness (QED) is 0.822. The number of hydrogen-bond donors (Lipinski definition) is 2. The van der Waals surface area contributed by atoms with Crippen LogP contribution in [0.4, 0.5) is 0 Å². The van der Waals surface area contributed by atoms with Crippen LogP contribution >= 0.6 is 24.8 Å². The van der Waals surface area contributed by atoms with Crippen LogP contribution in [0.3, 0.4) is 0 Å². The average Bonchev–Trinajstić information content (AvgIpc) is 3.07. The first-order valence-corrected chi connectivity index (χ1v) is 8.21. The minimum absolute atomic E-state index is 0. The number of nitrogens with one attached hydrogen (secondary N) is 2. The molecule has 2 heterocycles. The second kappa shape index (κ2) is 10.9. The minimum Gasteiger partial charge on any atom is -0.366 e. The van der Waals surface area contributed by atoms with Crippen molar-refractivity contribution in [3.8, 4) is 0 Å². The molecule has 136 valence electrons. The third-order valence-corrected chi connectivity index (χ3v) is 4.28. The Morgan fingerprint density at radius 3 is 2.71 bits per heavy atom. The lowest BCUT2D eigenvalue weighted by molar-refractivity contribution is -0.134. The molecule has 5 nitrogen and oxygen atoms in total. The van der Waals surface area contributed by atoms with Gasteiger partial charge < -0.3 is 15.4 Å². The average molecular weight is 376 g/mol. The minimum atomic E-state index is -0.360. The highest BCUT2D eigenvalue weighted by Crippen LogP contribution is 2.14. The summed E-state index contributed by atoms with van der Waals surface area (Å²) in [6, 6.07) is 8.50. The number of amides is 1. The summed E-state index contributed by atoms with van der Waals surface area (Å²) in [6.07, 6.45) is 2.26. The van der Waals surface area contributed by atoms with E-state index in [-0.39, 0.29) is 36.8 Å². The van der Waals surface area contributed by atoms with Crippen molar-refractivity contribution in [1.82, 2.24) is 15.5 Å². The standard InChI is InChI=1S/C17H25N3O2.2ClH/c21-17(16-12-18-6-9-22-16)19-11-14-4-3-5-15(10-14)13-20-7-1-2-8-20;;/h3-5,10,16,18H,1-2,6-9,11-13H2,(H,19,21);2*1H. The molecule has 1 aromatic rings. The molecule has 0 bridgehead atoms. The van der Waals surface area contributed by atoms with E-state index in [9.17, 15) is 4.79 Å². The number of likely N-dealkylation sites (tertiary alicyclic amines) is 1. The fourth-order valence-electron chi connectivity index (χ4n) is 3.07. The highest BCUT2D eigenvalue weighted by Gasteiger charge is 2.21. The number of rotatable bonds is 5. The summed E-state index contributed by atoms with van der Waals surface area (Å²) in [5.41, 5.74) is 2.47. The second-order valence-corrected chi connectivity index (χ2v) is 6.08. The molecule has 2 aliphatic rings. The number of carbonyl (C=O) groups excluding carboxylic acids is 1. The van der Waals surface area contributed by atoms with Gasteiger partial charge in [0.05, 0.1) is 6.61 Å². The molecular weight excluding hydrogens is 349 g/mol. The van der Waals surface area contributed by atoms with Gasteiger partial charge in [-0.05, 0) is 37.1 Å². The first kappa shape index (κ1) is 21.2. The normalized spacial score (nSPS) is 20.8. The van der Waals surface area contributed by atoms with E-state index >= 15 is 0 Å². The molecule has 1 amide bonds. The third-order valence-electron chi connectivity index (χ3n) is 4.28. The van der Waals surface area contributed by atoms with Crippen LogP contribution in [-0.2, 0) is 22.6 Å². The van der Waals surface area contributed by atoms with E-state index in [0.717, 1.165) is 18.7 Å². The molecule has 2 fully saturated rings. The summed E-state index contributed by atoms with van der Waals surface area (Å²) in [7, 11) is 0. The van der Waals surface area contributed by atoms with Crippen molar-refractivity contribution in [2.75, 3.05) is 32.8 Å². The molecular formula is C17H27Cl2N3O2. The Bertz CT molecular complexity index is 504. The predicted octanol–water partition coefficient (Wildman–Crippen LogP) is 1.73. The smallest absolute Gasteiger partial charge is 0.250 e. The second-order valence-electron chi connectivity index (χ2n) is 6.08. The highest BCUT2D eigenvalue weighted by molar-refractivity contribution is 5.85. The van der Waals surface area contributed by atoms with Crippen LogP contribution in [0.15, 0.2) is 24.3 Å². The number of carbonyl (C=O) groups is 1. The van der Waals surface area contributed by atoms with Crippen LogP contribution in [0.2, 0.25) is 0 Å². The van der Waals surface area contributed by atoms with Gasteiger partial charge in [-0.1, -0.05) is 24.3 Å². The van der Waals surface area contributed by atoms with E-state index in [0.29, 0.717) is 19.7 Å². The van der Waals surface area contributed by atoms with Gasteiger partial charge in [-0.15, -0.1) is 24.8 Å². The molecule has 1 unspecified atom stereocenters. The van der Waals surface area contributed by atoms with Crippen LogP contribution in [0.1, 0.15) is 24.0 Å². The lowest BCUT2D eigenvalue weighted by Gasteiger charge is -2.22. The number of morpholine rings is 1. The number of nitrogens with zero attached hydrogens (tertiary/aromatic N) is 1. The molecule has 0 radical (unpaired) electrons. The molecule has 3 rings (SSSR count). The van der Waals surface area contributed by atoms with Gasteiger partial charge in [0.2, 0.25) is 0 Å². The van der Waals surface area contributed by atoms with E-state index < -0.39 is 0 Å². The summed E-state index contributed by atoms with van der Waals surface area (Å²) in [5.74, 6) is -0.0304. The van der Waals surface area contributed by atoms with E-state index in [2.05, 4.69) is 39.8 Å². The Balaban J connectivity index is 0.00000144. The molecule has 0 saturated carbocycles. The molecule has 2 aliphatic heterocycles. The van der Waals surface area contributed by atoms with Gasteiger partial charge in [-0.2, -0.15) is 0 Å². The van der Waals surface area contributed by atoms with Gasteiger partial charge in [-0.25, -0.2) is 0 Å². The highest BCUT2D eigenvalue weighted by atomic mass is 35.5. The zero-order valence-corrected chi connectivity index (χ0v) is 15.5. The molecule has 0 spiro atoms. The fraction of sp³-hybridized carbons (Fsp3) is 0.588. The van der Waals surface area contributed by atoms with Gasteiger partial charge in [0.25, 0.3) is 5.91 Å². The number of ether oxygens (including phenoxy) is 1. The van der Waals surface area contributed by atoms with E-state index in [1.54, 1.807) is 0 Å². The maximum absolute atomic E-state index is 12.1. The molecule has 2 saturated heterocycles. The van der Waals surface area contributed by atoms with E-state index in [4.69, 9.17) is 4.74 Å². The topological polar surface area (TPSA) is 53.6 Å². The molecule has 7 heteroatoms. The number of hydrogen-bond acceptors (Lipinski definition) is 4.